The highest BCUT2D eigenvalue weighted by Gasteiger charge is 2.21. The molecule has 2 heterocycles. The molecule has 0 spiro atoms. The first kappa shape index (κ1) is 12.9. The topological polar surface area (TPSA) is 84.3 Å². The van der Waals surface area contributed by atoms with Crippen LogP contribution in [0.3, 0.4) is 0 Å². The first-order chi connectivity index (χ1) is 8.72. The van der Waals surface area contributed by atoms with E-state index in [-0.39, 0.29) is 5.69 Å². The minimum atomic E-state index is -0.991. The van der Waals surface area contributed by atoms with Crippen molar-refractivity contribution in [3.8, 4) is 0 Å². The van der Waals surface area contributed by atoms with Gasteiger partial charge in [-0.2, -0.15) is 0 Å². The van der Waals surface area contributed by atoms with Crippen LogP contribution in [-0.4, -0.2) is 40.8 Å². The number of carbonyl (C=O) groups is 1. The quantitative estimate of drug-likeness (QED) is 0.737. The van der Waals surface area contributed by atoms with Crippen LogP contribution in [-0.2, 0) is 24.1 Å². The van der Waals surface area contributed by atoms with Gasteiger partial charge in [0.05, 0.1) is 12.3 Å². The molecule has 0 fully saturated rings. The average molecular weight is 251 g/mol. The molecule has 98 valence electrons. The van der Waals surface area contributed by atoms with E-state index >= 15 is 0 Å². The van der Waals surface area contributed by atoms with E-state index in [1.165, 1.54) is 0 Å². The van der Waals surface area contributed by atoms with Crippen LogP contribution in [0.4, 0.5) is 0 Å². The van der Waals surface area contributed by atoms with Gasteiger partial charge in [-0.25, -0.2) is 14.8 Å². The van der Waals surface area contributed by atoms with Crippen molar-refractivity contribution in [3.05, 3.63) is 22.8 Å². The number of hydrogen-bond acceptors (Lipinski definition) is 5. The Morgan fingerprint density at radius 2 is 2.33 bits per heavy atom. The van der Waals surface area contributed by atoms with E-state index in [2.05, 4.69) is 15.3 Å². The van der Waals surface area contributed by atoms with Crippen molar-refractivity contribution >= 4 is 5.97 Å². The normalized spacial score (nSPS) is 14.3. The molecular formula is C12H17N3O3. The predicted octanol–water partition coefficient (Wildman–Crippen LogP) is 0.400. The van der Waals surface area contributed by atoms with Crippen molar-refractivity contribution in [3.63, 3.8) is 0 Å². The van der Waals surface area contributed by atoms with Gasteiger partial charge in [0.25, 0.3) is 0 Å². The first-order valence-corrected chi connectivity index (χ1v) is 6.12. The van der Waals surface area contributed by atoms with Gasteiger partial charge in [0.1, 0.15) is 5.82 Å². The summed E-state index contributed by atoms with van der Waals surface area (Å²) in [5.74, 6) is -0.434. The third-order valence-electron chi connectivity index (χ3n) is 2.86. The Hall–Kier alpha value is -1.53. The van der Waals surface area contributed by atoms with Crippen molar-refractivity contribution in [1.82, 2.24) is 15.3 Å². The smallest absolute Gasteiger partial charge is 0.354 e. The molecule has 0 saturated heterocycles. The van der Waals surface area contributed by atoms with Crippen molar-refractivity contribution in [1.29, 1.82) is 0 Å². The molecule has 18 heavy (non-hydrogen) atoms. The molecule has 2 N–H and O–H groups in total. The SMILES string of the molecule is CCOCCc1nc2c(c(C(=O)O)n1)CNCC2. The third kappa shape index (κ3) is 2.83. The molecule has 1 aliphatic heterocycles. The maximum absolute atomic E-state index is 11.2. The van der Waals surface area contributed by atoms with E-state index in [4.69, 9.17) is 4.74 Å². The van der Waals surface area contributed by atoms with E-state index in [1.807, 2.05) is 6.92 Å². The average Bonchev–Trinajstić information content (AvgIpc) is 2.38. The van der Waals surface area contributed by atoms with Crippen LogP contribution in [0.15, 0.2) is 0 Å². The number of aromatic carboxylic acids is 1. The lowest BCUT2D eigenvalue weighted by Gasteiger charge is -2.18. The fourth-order valence-corrected chi connectivity index (χ4v) is 1.99. The van der Waals surface area contributed by atoms with E-state index < -0.39 is 5.97 Å². The second-order valence-corrected chi connectivity index (χ2v) is 4.09. The molecule has 0 aromatic carbocycles. The Morgan fingerprint density at radius 1 is 1.50 bits per heavy atom. The Labute approximate surface area is 105 Å². The molecule has 0 saturated carbocycles. The van der Waals surface area contributed by atoms with Crippen LogP contribution < -0.4 is 5.32 Å². The molecule has 1 aromatic rings. The number of carboxylic acids is 1. The van der Waals surface area contributed by atoms with Gasteiger partial charge in [-0.05, 0) is 6.92 Å². The largest absolute Gasteiger partial charge is 0.476 e. The first-order valence-electron chi connectivity index (χ1n) is 6.12. The summed E-state index contributed by atoms with van der Waals surface area (Å²) in [5, 5.41) is 12.3. The molecule has 6 nitrogen and oxygen atoms in total. The number of fused-ring (bicyclic) bond motifs is 1. The van der Waals surface area contributed by atoms with E-state index in [0.29, 0.717) is 37.6 Å². The number of hydrogen-bond donors (Lipinski definition) is 2. The van der Waals surface area contributed by atoms with E-state index in [9.17, 15) is 9.90 Å². The molecular weight excluding hydrogens is 234 g/mol. The molecule has 2 rings (SSSR count). The summed E-state index contributed by atoms with van der Waals surface area (Å²) in [6.07, 6.45) is 1.30. The van der Waals surface area contributed by atoms with Crippen molar-refractivity contribution < 1.29 is 14.6 Å². The zero-order valence-corrected chi connectivity index (χ0v) is 10.4. The molecule has 0 aliphatic carbocycles. The summed E-state index contributed by atoms with van der Waals surface area (Å²) < 4.78 is 5.24. The number of nitrogens with one attached hydrogen (secondary N) is 1. The highest BCUT2D eigenvalue weighted by Crippen LogP contribution is 2.16. The van der Waals surface area contributed by atoms with Gasteiger partial charge in [0, 0.05) is 38.1 Å². The number of rotatable bonds is 5. The van der Waals surface area contributed by atoms with Gasteiger partial charge < -0.3 is 15.2 Å². The summed E-state index contributed by atoms with van der Waals surface area (Å²) in [7, 11) is 0. The van der Waals surface area contributed by atoms with Crippen molar-refractivity contribution in [2.75, 3.05) is 19.8 Å². The van der Waals surface area contributed by atoms with Crippen LogP contribution in [0.5, 0.6) is 0 Å². The summed E-state index contributed by atoms with van der Waals surface area (Å²) >= 11 is 0. The number of carboxylic acid groups (broad SMARTS) is 1. The monoisotopic (exact) mass is 251 g/mol. The number of ether oxygens (including phenoxy) is 1. The minimum Gasteiger partial charge on any atom is -0.476 e. The highest BCUT2D eigenvalue weighted by atomic mass is 16.5. The fourth-order valence-electron chi connectivity index (χ4n) is 1.99. The second-order valence-electron chi connectivity index (χ2n) is 4.09. The standard InChI is InChI=1S/C12H17N3O3/c1-2-18-6-4-10-14-9-3-5-13-7-8(9)11(15-10)12(16)17/h13H,2-7H2,1H3,(H,16,17). The molecule has 6 heteroatoms. The lowest BCUT2D eigenvalue weighted by Crippen LogP contribution is -2.28. The zero-order chi connectivity index (χ0) is 13.0. The van der Waals surface area contributed by atoms with Crippen LogP contribution in [0.1, 0.15) is 34.5 Å². The summed E-state index contributed by atoms with van der Waals surface area (Å²) in [5.41, 5.74) is 1.69. The number of aromatic nitrogens is 2. The summed E-state index contributed by atoms with van der Waals surface area (Å²) in [6, 6.07) is 0. The van der Waals surface area contributed by atoms with Crippen LogP contribution in [0.25, 0.3) is 0 Å². The Kier molecular flexibility index (Phi) is 4.22. The van der Waals surface area contributed by atoms with Crippen molar-refractivity contribution in [2.45, 2.75) is 26.3 Å². The maximum Gasteiger partial charge on any atom is 0.354 e. The molecule has 1 aromatic heterocycles. The van der Waals surface area contributed by atoms with E-state index in [1.54, 1.807) is 0 Å². The van der Waals surface area contributed by atoms with E-state index in [0.717, 1.165) is 18.7 Å². The van der Waals surface area contributed by atoms with Gasteiger partial charge >= 0.3 is 5.97 Å². The fraction of sp³-hybridized carbons (Fsp3) is 0.583. The van der Waals surface area contributed by atoms with Crippen LogP contribution in [0.2, 0.25) is 0 Å². The molecule has 0 bridgehead atoms. The summed E-state index contributed by atoms with van der Waals surface area (Å²) in [6.45, 7) is 4.44. The van der Waals surface area contributed by atoms with Crippen molar-refractivity contribution in [2.24, 2.45) is 0 Å². The highest BCUT2D eigenvalue weighted by molar-refractivity contribution is 5.87. The Bertz CT molecular complexity index is 448. The molecule has 0 atom stereocenters. The van der Waals surface area contributed by atoms with Gasteiger partial charge in [0.2, 0.25) is 0 Å². The third-order valence-corrected chi connectivity index (χ3v) is 2.86. The number of nitrogens with zero attached hydrogens (tertiary/aromatic N) is 2. The molecule has 0 amide bonds. The summed E-state index contributed by atoms with van der Waals surface area (Å²) in [4.78, 5) is 19.8. The molecule has 1 aliphatic rings. The van der Waals surface area contributed by atoms with Gasteiger partial charge in [-0.15, -0.1) is 0 Å². The van der Waals surface area contributed by atoms with Crippen LogP contribution in [0, 0.1) is 0 Å². The molecule has 0 unspecified atom stereocenters. The minimum absolute atomic E-state index is 0.124. The van der Waals surface area contributed by atoms with Gasteiger partial charge in [-0.1, -0.05) is 0 Å². The Morgan fingerprint density at radius 3 is 3.06 bits per heavy atom. The van der Waals surface area contributed by atoms with Crippen LogP contribution >= 0.6 is 0 Å². The van der Waals surface area contributed by atoms with Gasteiger partial charge in [-0.3, -0.25) is 0 Å². The lowest BCUT2D eigenvalue weighted by atomic mass is 10.1. The van der Waals surface area contributed by atoms with Gasteiger partial charge in [0.15, 0.2) is 5.69 Å². The predicted molar refractivity (Wildman–Crippen MR) is 64.6 cm³/mol. The lowest BCUT2D eigenvalue weighted by molar-refractivity contribution is 0.0687. The maximum atomic E-state index is 11.2. The Balaban J connectivity index is 2.26. The second kappa shape index (κ2) is 5.88. The zero-order valence-electron chi connectivity index (χ0n) is 10.4. The molecule has 0 radical (unpaired) electrons.